The van der Waals surface area contributed by atoms with Crippen LogP contribution < -0.4 is 0 Å². The van der Waals surface area contributed by atoms with Crippen LogP contribution >= 0.6 is 58.2 Å². The molecule has 0 aliphatic rings. The van der Waals surface area contributed by atoms with Crippen LogP contribution in [0.2, 0.25) is 0 Å². The molecule has 0 saturated carbocycles. The summed E-state index contributed by atoms with van der Waals surface area (Å²) in [7, 11) is 0. The molecule has 0 amide bonds. The zero-order chi connectivity index (χ0) is 15.7. The number of alkyl halides is 6. The molecule has 21 heavy (non-hydrogen) atoms. The van der Waals surface area contributed by atoms with Gasteiger partial charge in [-0.1, -0.05) is 82.4 Å². The number of halogens is 6. The van der Waals surface area contributed by atoms with E-state index in [4.69, 9.17) is 46.4 Å². The molecule has 2 rings (SSSR count). The van der Waals surface area contributed by atoms with Gasteiger partial charge in [-0.25, -0.2) is 8.78 Å². The molecular weight excluding hydrogens is 380 g/mol. The van der Waals surface area contributed by atoms with Gasteiger partial charge in [-0.3, -0.25) is 0 Å². The van der Waals surface area contributed by atoms with Gasteiger partial charge in [-0.2, -0.15) is 0 Å². The van der Waals surface area contributed by atoms with Crippen molar-refractivity contribution in [1.29, 1.82) is 0 Å². The van der Waals surface area contributed by atoms with E-state index in [0.29, 0.717) is 0 Å². The lowest BCUT2D eigenvalue weighted by molar-refractivity contribution is 0.405. The quantitative estimate of drug-likeness (QED) is 0.511. The van der Waals surface area contributed by atoms with Crippen molar-refractivity contribution in [2.24, 2.45) is 0 Å². The van der Waals surface area contributed by atoms with E-state index < -0.39 is 9.17 Å². The molecule has 0 heterocycles. The van der Waals surface area contributed by atoms with E-state index in [9.17, 15) is 8.78 Å². The van der Waals surface area contributed by atoms with Crippen LogP contribution in [0.5, 0.6) is 0 Å². The number of hydrogen-bond acceptors (Lipinski definition) is 1. The highest BCUT2D eigenvalue weighted by molar-refractivity contribution is 7.99. The first-order valence-electron chi connectivity index (χ1n) is 5.68. The highest BCUT2D eigenvalue weighted by Gasteiger charge is 2.25. The SMILES string of the molecule is FC(Cl)(Cl)c1ccc(Sc2ccc(C(F)(Cl)Cl)cc2)cc1. The Kier molecular flexibility index (Phi) is 5.32. The lowest BCUT2D eigenvalue weighted by Crippen LogP contribution is -2.01. The van der Waals surface area contributed by atoms with E-state index in [1.54, 1.807) is 24.3 Å². The molecule has 0 atom stereocenters. The Bertz CT molecular complexity index is 545. The molecule has 7 heteroatoms. The summed E-state index contributed by atoms with van der Waals surface area (Å²) in [5, 5.41) is 0. The third-order valence-electron chi connectivity index (χ3n) is 2.60. The highest BCUT2D eigenvalue weighted by atomic mass is 35.5. The summed E-state index contributed by atoms with van der Waals surface area (Å²) in [5.74, 6) is 0. The van der Waals surface area contributed by atoms with Gasteiger partial charge < -0.3 is 0 Å². The zero-order valence-corrected chi connectivity index (χ0v) is 14.1. The van der Waals surface area contributed by atoms with Crippen molar-refractivity contribution in [3.63, 3.8) is 0 Å². The van der Waals surface area contributed by atoms with Crippen LogP contribution in [-0.2, 0) is 9.17 Å². The van der Waals surface area contributed by atoms with Gasteiger partial charge in [0.25, 0.3) is 9.17 Å². The van der Waals surface area contributed by atoms with Crippen LogP contribution in [0.1, 0.15) is 11.1 Å². The minimum atomic E-state index is -2.41. The second-order valence-corrected chi connectivity index (χ2v) is 7.76. The predicted octanol–water partition coefficient (Wildman–Crippen LogP) is 6.95. The lowest BCUT2D eigenvalue weighted by atomic mass is 10.2. The zero-order valence-electron chi connectivity index (χ0n) is 10.3. The molecule has 0 bridgehead atoms. The van der Waals surface area contributed by atoms with Gasteiger partial charge in [-0.15, -0.1) is 0 Å². The molecule has 0 aliphatic heterocycles. The average Bonchev–Trinajstić information content (AvgIpc) is 2.38. The lowest BCUT2D eigenvalue weighted by Gasteiger charge is -2.11. The van der Waals surface area contributed by atoms with Crippen molar-refractivity contribution >= 4 is 58.2 Å². The molecule has 0 aliphatic carbocycles. The van der Waals surface area contributed by atoms with Crippen molar-refractivity contribution in [2.75, 3.05) is 0 Å². The van der Waals surface area contributed by atoms with Crippen LogP contribution in [-0.4, -0.2) is 0 Å². The summed E-state index contributed by atoms with van der Waals surface area (Å²) in [6.07, 6.45) is 0. The van der Waals surface area contributed by atoms with E-state index in [1.807, 2.05) is 0 Å². The van der Waals surface area contributed by atoms with Crippen molar-refractivity contribution in [3.05, 3.63) is 59.7 Å². The van der Waals surface area contributed by atoms with Crippen LogP contribution in [0.4, 0.5) is 8.78 Å². The maximum Gasteiger partial charge on any atom is 0.283 e. The maximum atomic E-state index is 13.3. The van der Waals surface area contributed by atoms with Gasteiger partial charge in [0, 0.05) is 20.9 Å². The van der Waals surface area contributed by atoms with Crippen LogP contribution in [0.15, 0.2) is 58.3 Å². The van der Waals surface area contributed by atoms with Crippen LogP contribution in [0, 0.1) is 0 Å². The number of rotatable bonds is 4. The highest BCUT2D eigenvalue weighted by Crippen LogP contribution is 2.38. The molecule has 0 radical (unpaired) electrons. The maximum absolute atomic E-state index is 13.3. The first-order valence-corrected chi connectivity index (χ1v) is 8.01. The molecule has 0 aromatic heterocycles. The summed E-state index contributed by atoms with van der Waals surface area (Å²) < 4.78 is 21.8. The summed E-state index contributed by atoms with van der Waals surface area (Å²) in [5.41, 5.74) is 0.328. The molecule has 0 nitrogen and oxygen atoms in total. The van der Waals surface area contributed by atoms with E-state index in [-0.39, 0.29) is 11.1 Å². The third kappa shape index (κ3) is 4.90. The Hall–Kier alpha value is -0.190. The molecule has 0 N–H and O–H groups in total. The van der Waals surface area contributed by atoms with E-state index in [2.05, 4.69) is 0 Å². The first kappa shape index (κ1) is 17.2. The smallest absolute Gasteiger partial charge is 0.203 e. The minimum Gasteiger partial charge on any atom is -0.203 e. The second kappa shape index (κ2) is 6.51. The average molecular weight is 388 g/mol. The summed E-state index contributed by atoms with van der Waals surface area (Å²) >= 11 is 22.9. The number of hydrogen-bond donors (Lipinski definition) is 0. The number of benzene rings is 2. The minimum absolute atomic E-state index is 0.164. The largest absolute Gasteiger partial charge is 0.283 e. The molecule has 112 valence electrons. The van der Waals surface area contributed by atoms with E-state index in [1.165, 1.54) is 36.0 Å². The van der Waals surface area contributed by atoms with Gasteiger partial charge >= 0.3 is 0 Å². The van der Waals surface area contributed by atoms with Crippen molar-refractivity contribution in [2.45, 2.75) is 19.0 Å². The normalized spacial score (nSPS) is 12.5. The Balaban J connectivity index is 2.12. The molecular formula is C14H8Cl4F2S. The van der Waals surface area contributed by atoms with Crippen LogP contribution in [0.25, 0.3) is 0 Å². The Labute approximate surface area is 145 Å². The predicted molar refractivity (Wildman–Crippen MR) is 86.0 cm³/mol. The van der Waals surface area contributed by atoms with Gasteiger partial charge in [0.15, 0.2) is 0 Å². The summed E-state index contributed by atoms with van der Waals surface area (Å²) in [4.78, 5) is 1.71. The summed E-state index contributed by atoms with van der Waals surface area (Å²) in [6.45, 7) is 0. The fourth-order valence-electron chi connectivity index (χ4n) is 1.56. The van der Waals surface area contributed by atoms with Crippen LogP contribution in [0.3, 0.4) is 0 Å². The topological polar surface area (TPSA) is 0 Å². The standard InChI is InChI=1S/C14H8Cl4F2S/c15-13(16,19)9-1-5-11(6-2-9)21-12-7-3-10(4-8-12)14(17,18)20/h1-8H. The molecule has 0 saturated heterocycles. The van der Waals surface area contributed by atoms with Gasteiger partial charge in [-0.05, 0) is 24.3 Å². The monoisotopic (exact) mass is 386 g/mol. The fourth-order valence-corrected chi connectivity index (χ4v) is 2.88. The van der Waals surface area contributed by atoms with Gasteiger partial charge in [0.05, 0.1) is 0 Å². The van der Waals surface area contributed by atoms with E-state index >= 15 is 0 Å². The second-order valence-electron chi connectivity index (χ2n) is 4.15. The first-order chi connectivity index (χ1) is 9.66. The molecule has 0 spiro atoms. The molecule has 2 aromatic carbocycles. The molecule has 0 unspecified atom stereocenters. The Morgan fingerprint density at radius 1 is 0.619 bits per heavy atom. The fraction of sp³-hybridized carbons (Fsp3) is 0.143. The van der Waals surface area contributed by atoms with E-state index in [0.717, 1.165) is 9.79 Å². The van der Waals surface area contributed by atoms with Crippen molar-refractivity contribution < 1.29 is 8.78 Å². The third-order valence-corrected chi connectivity index (χ3v) is 4.49. The van der Waals surface area contributed by atoms with Crippen molar-refractivity contribution in [1.82, 2.24) is 0 Å². The molecule has 2 aromatic rings. The Morgan fingerprint density at radius 2 is 0.905 bits per heavy atom. The molecule has 0 fully saturated rings. The summed E-state index contributed by atoms with van der Waals surface area (Å²) in [6, 6.07) is 12.8. The van der Waals surface area contributed by atoms with Gasteiger partial charge in [0.2, 0.25) is 0 Å². The Morgan fingerprint density at radius 3 is 1.14 bits per heavy atom. The van der Waals surface area contributed by atoms with Gasteiger partial charge in [0.1, 0.15) is 0 Å². The van der Waals surface area contributed by atoms with Crippen molar-refractivity contribution in [3.8, 4) is 0 Å².